The van der Waals surface area contributed by atoms with Gasteiger partial charge in [-0.2, -0.15) is 4.98 Å². The van der Waals surface area contributed by atoms with Gasteiger partial charge in [-0.1, -0.05) is 0 Å². The maximum absolute atomic E-state index is 5.35. The van der Waals surface area contributed by atoms with E-state index in [0.717, 1.165) is 0 Å². The molecule has 0 aromatic carbocycles. The number of anilines is 1. The molecule has 1 heterocycles. The van der Waals surface area contributed by atoms with Gasteiger partial charge < -0.3 is 10.5 Å². The quantitative estimate of drug-likeness (QED) is 0.632. The molecule has 6 heteroatoms. The zero-order valence-corrected chi connectivity index (χ0v) is 5.96. The van der Waals surface area contributed by atoms with Crippen LogP contribution in [0, 0.1) is 0 Å². The minimum atomic E-state index is 0.0123. The Morgan fingerprint density at radius 3 is 2.70 bits per heavy atom. The van der Waals surface area contributed by atoms with Gasteiger partial charge in [0.1, 0.15) is 0 Å². The van der Waals surface area contributed by atoms with Gasteiger partial charge in [0.05, 0.1) is 7.11 Å². The lowest BCUT2D eigenvalue weighted by molar-refractivity contribution is 0.392. The van der Waals surface area contributed by atoms with Gasteiger partial charge in [0.15, 0.2) is 5.82 Å². The van der Waals surface area contributed by atoms with Gasteiger partial charge in [-0.15, -0.1) is 10.2 Å². The maximum atomic E-state index is 5.35. The number of aromatic nitrogens is 3. The monoisotopic (exact) mass is 160 g/mol. The summed E-state index contributed by atoms with van der Waals surface area (Å²) in [6.07, 6.45) is 0. The van der Waals surface area contributed by atoms with E-state index in [1.165, 1.54) is 7.11 Å². The highest BCUT2D eigenvalue weighted by atomic mass is 35.5. The van der Waals surface area contributed by atoms with Crippen molar-refractivity contribution < 1.29 is 4.74 Å². The van der Waals surface area contributed by atoms with Crippen LogP contribution in [-0.2, 0) is 0 Å². The van der Waals surface area contributed by atoms with E-state index >= 15 is 0 Å². The molecule has 0 fully saturated rings. The van der Waals surface area contributed by atoms with Crippen molar-refractivity contribution in [3.8, 4) is 5.88 Å². The molecule has 0 unspecified atom stereocenters. The van der Waals surface area contributed by atoms with E-state index in [9.17, 15) is 0 Å². The van der Waals surface area contributed by atoms with Gasteiger partial charge in [0.25, 0.3) is 5.88 Å². The summed E-state index contributed by atoms with van der Waals surface area (Å²) >= 11 is 5.35. The van der Waals surface area contributed by atoms with Crippen molar-refractivity contribution in [3.63, 3.8) is 0 Å². The average molecular weight is 161 g/mol. The van der Waals surface area contributed by atoms with E-state index in [1.54, 1.807) is 0 Å². The minimum absolute atomic E-state index is 0.0123. The second-order valence-corrected chi connectivity index (χ2v) is 1.81. The first-order valence-electron chi connectivity index (χ1n) is 2.43. The van der Waals surface area contributed by atoms with E-state index in [0.29, 0.717) is 0 Å². The molecule has 0 radical (unpaired) electrons. The van der Waals surface area contributed by atoms with Crippen molar-refractivity contribution in [1.82, 2.24) is 15.2 Å². The zero-order chi connectivity index (χ0) is 7.56. The second kappa shape index (κ2) is 2.66. The molecule has 1 aromatic rings. The third-order valence-electron chi connectivity index (χ3n) is 0.849. The molecule has 0 aliphatic carbocycles. The van der Waals surface area contributed by atoms with Crippen molar-refractivity contribution in [2.24, 2.45) is 0 Å². The van der Waals surface area contributed by atoms with Gasteiger partial charge in [-0.3, -0.25) is 0 Å². The number of nitrogens with two attached hydrogens (primary N) is 1. The normalized spacial score (nSPS) is 9.40. The molecule has 0 amide bonds. The summed E-state index contributed by atoms with van der Waals surface area (Å²) in [4.78, 5) is 3.59. The number of hydrogen-bond donors (Lipinski definition) is 1. The highest BCUT2D eigenvalue weighted by molar-refractivity contribution is 6.28. The number of halogens is 1. The van der Waals surface area contributed by atoms with Crippen molar-refractivity contribution in [3.05, 3.63) is 5.28 Å². The lowest BCUT2D eigenvalue weighted by atomic mass is 10.7. The predicted molar refractivity (Wildman–Crippen MR) is 35.8 cm³/mol. The van der Waals surface area contributed by atoms with Crippen molar-refractivity contribution in [2.45, 2.75) is 0 Å². The summed E-state index contributed by atoms with van der Waals surface area (Å²) in [6, 6.07) is 0. The molecule has 0 aliphatic heterocycles. The fraction of sp³-hybridized carbons (Fsp3) is 0.250. The summed E-state index contributed by atoms with van der Waals surface area (Å²) in [7, 11) is 1.43. The molecule has 0 atom stereocenters. The number of hydrogen-bond acceptors (Lipinski definition) is 5. The van der Waals surface area contributed by atoms with Crippen LogP contribution in [0.15, 0.2) is 0 Å². The van der Waals surface area contributed by atoms with Crippen molar-refractivity contribution in [2.75, 3.05) is 12.8 Å². The zero-order valence-electron chi connectivity index (χ0n) is 5.21. The average Bonchev–Trinajstić information content (AvgIpc) is 1.88. The Bertz CT molecular complexity index is 241. The summed E-state index contributed by atoms with van der Waals surface area (Å²) < 4.78 is 4.68. The Balaban J connectivity index is 3.07. The minimum Gasteiger partial charge on any atom is -0.477 e. The summed E-state index contributed by atoms with van der Waals surface area (Å²) in [5, 5.41) is 6.93. The number of ether oxygens (including phenoxy) is 1. The molecular formula is C4H5ClN4O. The van der Waals surface area contributed by atoms with Crippen LogP contribution in [0.4, 0.5) is 5.82 Å². The SMILES string of the molecule is COc1nnc(Cl)nc1N. The van der Waals surface area contributed by atoms with E-state index in [1.807, 2.05) is 0 Å². The molecule has 0 bridgehead atoms. The largest absolute Gasteiger partial charge is 0.477 e. The van der Waals surface area contributed by atoms with Crippen LogP contribution in [0.25, 0.3) is 0 Å². The number of nitrogen functional groups attached to an aromatic ring is 1. The summed E-state index contributed by atoms with van der Waals surface area (Å²) in [5.41, 5.74) is 5.31. The third-order valence-corrected chi connectivity index (χ3v) is 1.01. The number of rotatable bonds is 1. The van der Waals surface area contributed by atoms with Crippen LogP contribution < -0.4 is 10.5 Å². The van der Waals surface area contributed by atoms with E-state index in [4.69, 9.17) is 17.3 Å². The van der Waals surface area contributed by atoms with Crippen LogP contribution in [-0.4, -0.2) is 22.3 Å². The van der Waals surface area contributed by atoms with Crippen LogP contribution in [0.5, 0.6) is 5.88 Å². The number of nitrogens with zero attached hydrogens (tertiary/aromatic N) is 3. The Hall–Kier alpha value is -1.10. The van der Waals surface area contributed by atoms with Gasteiger partial charge in [-0.05, 0) is 11.6 Å². The predicted octanol–water partition coefficient (Wildman–Crippen LogP) is 0.116. The van der Waals surface area contributed by atoms with E-state index < -0.39 is 0 Å². The molecule has 5 nitrogen and oxygen atoms in total. The molecular weight excluding hydrogens is 156 g/mol. The van der Waals surface area contributed by atoms with Crippen molar-refractivity contribution in [1.29, 1.82) is 0 Å². The molecule has 2 N–H and O–H groups in total. The maximum Gasteiger partial charge on any atom is 0.276 e. The molecule has 0 saturated carbocycles. The summed E-state index contributed by atoms with van der Waals surface area (Å²) in [5.74, 6) is 0.326. The Morgan fingerprint density at radius 1 is 1.50 bits per heavy atom. The molecule has 0 aliphatic rings. The fourth-order valence-corrected chi connectivity index (χ4v) is 0.582. The third kappa shape index (κ3) is 1.24. The molecule has 54 valence electrons. The first kappa shape index (κ1) is 7.01. The topological polar surface area (TPSA) is 73.9 Å². The van der Waals surface area contributed by atoms with Crippen LogP contribution in [0.3, 0.4) is 0 Å². The second-order valence-electron chi connectivity index (χ2n) is 1.48. The highest BCUT2D eigenvalue weighted by Crippen LogP contribution is 2.13. The van der Waals surface area contributed by atoms with Gasteiger partial charge in [0.2, 0.25) is 5.28 Å². The smallest absolute Gasteiger partial charge is 0.276 e. The first-order chi connectivity index (χ1) is 4.74. The van der Waals surface area contributed by atoms with Gasteiger partial charge in [0, 0.05) is 0 Å². The van der Waals surface area contributed by atoms with Crippen LogP contribution >= 0.6 is 11.6 Å². The summed E-state index contributed by atoms with van der Waals surface area (Å²) in [6.45, 7) is 0. The van der Waals surface area contributed by atoms with E-state index in [2.05, 4.69) is 19.9 Å². The molecule has 0 spiro atoms. The Morgan fingerprint density at radius 2 is 2.20 bits per heavy atom. The Labute approximate surface area is 62.2 Å². The standard InChI is InChI=1S/C4H5ClN4O/c1-10-3-2(6)7-4(5)9-8-3/h1H3,(H2,6,7,9). The molecule has 1 aromatic heterocycles. The fourth-order valence-electron chi connectivity index (χ4n) is 0.453. The molecule has 1 rings (SSSR count). The lowest BCUT2D eigenvalue weighted by Gasteiger charge is -1.98. The molecule has 0 saturated heterocycles. The van der Waals surface area contributed by atoms with Crippen molar-refractivity contribution >= 4 is 17.4 Å². The first-order valence-corrected chi connectivity index (χ1v) is 2.81. The van der Waals surface area contributed by atoms with Crippen LogP contribution in [0.2, 0.25) is 5.28 Å². The van der Waals surface area contributed by atoms with Gasteiger partial charge in [-0.25, -0.2) is 0 Å². The van der Waals surface area contributed by atoms with E-state index in [-0.39, 0.29) is 17.0 Å². The lowest BCUT2D eigenvalue weighted by Crippen LogP contribution is -2.00. The van der Waals surface area contributed by atoms with Gasteiger partial charge >= 0.3 is 0 Å². The van der Waals surface area contributed by atoms with Crippen LogP contribution in [0.1, 0.15) is 0 Å². The highest BCUT2D eigenvalue weighted by Gasteiger charge is 2.02. The Kier molecular flexibility index (Phi) is 1.86. The molecule has 10 heavy (non-hydrogen) atoms. The number of methoxy groups -OCH3 is 1.